The molecule has 15 heavy (non-hydrogen) atoms. The predicted octanol–water partition coefficient (Wildman–Crippen LogP) is 2.81. The summed E-state index contributed by atoms with van der Waals surface area (Å²) < 4.78 is 5.18. The molecule has 84 valence electrons. The Balaban J connectivity index is 3.40. The van der Waals surface area contributed by atoms with Crippen LogP contribution >= 0.6 is 0 Å². The van der Waals surface area contributed by atoms with Crippen LogP contribution in [0.3, 0.4) is 0 Å². The second kappa shape index (κ2) is 4.77. The van der Waals surface area contributed by atoms with Crippen LogP contribution in [0, 0.1) is 20.8 Å². The van der Waals surface area contributed by atoms with Gasteiger partial charge in [0.15, 0.2) is 0 Å². The van der Waals surface area contributed by atoms with Crippen LogP contribution in [-0.4, -0.2) is 12.2 Å². The molecule has 0 spiro atoms. The third kappa shape index (κ3) is 2.39. The van der Waals surface area contributed by atoms with Crippen LogP contribution in [0.4, 0.5) is 0 Å². The van der Waals surface area contributed by atoms with Crippen LogP contribution < -0.4 is 0 Å². The molecule has 1 aromatic rings. The summed E-state index contributed by atoms with van der Waals surface area (Å²) in [7, 11) is 1.68. The van der Waals surface area contributed by atoms with E-state index in [0.29, 0.717) is 6.61 Å². The molecule has 0 radical (unpaired) electrons. The van der Waals surface area contributed by atoms with E-state index in [1.54, 1.807) is 14.0 Å². The molecule has 0 aromatic heterocycles. The number of ether oxygens (including phenoxy) is 1. The molecule has 0 bridgehead atoms. The Kier molecular flexibility index (Phi) is 3.89. The summed E-state index contributed by atoms with van der Waals surface area (Å²) in [4.78, 5) is 0. The number of aryl methyl sites for hydroxylation is 2. The number of benzene rings is 1. The summed E-state index contributed by atoms with van der Waals surface area (Å²) in [5, 5.41) is 9.81. The van der Waals surface area contributed by atoms with Gasteiger partial charge in [-0.1, -0.05) is 6.07 Å². The smallest absolute Gasteiger partial charge is 0.0768 e. The molecule has 0 saturated heterocycles. The first-order valence-electron chi connectivity index (χ1n) is 5.25. The average Bonchev–Trinajstić information content (AvgIpc) is 2.14. The van der Waals surface area contributed by atoms with Gasteiger partial charge in [0, 0.05) is 7.11 Å². The van der Waals surface area contributed by atoms with Gasteiger partial charge in [-0.05, 0) is 55.5 Å². The van der Waals surface area contributed by atoms with Crippen molar-refractivity contribution >= 4 is 0 Å². The molecule has 1 N–H and O–H groups in total. The Morgan fingerprint density at radius 3 is 2.33 bits per heavy atom. The summed E-state index contributed by atoms with van der Waals surface area (Å²) in [6.45, 7) is 8.56. The summed E-state index contributed by atoms with van der Waals surface area (Å²) in [6.07, 6.45) is -0.436. The van der Waals surface area contributed by atoms with Gasteiger partial charge in [0.05, 0.1) is 12.7 Å². The van der Waals surface area contributed by atoms with E-state index in [2.05, 4.69) is 26.8 Å². The van der Waals surface area contributed by atoms with E-state index in [1.807, 2.05) is 0 Å². The lowest BCUT2D eigenvalue weighted by atomic mass is 9.91. The molecule has 0 aliphatic carbocycles. The van der Waals surface area contributed by atoms with E-state index >= 15 is 0 Å². The lowest BCUT2D eigenvalue weighted by Crippen LogP contribution is -2.06. The maximum Gasteiger partial charge on any atom is 0.0768 e. The van der Waals surface area contributed by atoms with E-state index in [-0.39, 0.29) is 0 Å². The normalized spacial score (nSPS) is 12.9. The van der Waals surface area contributed by atoms with Crippen molar-refractivity contribution in [1.82, 2.24) is 0 Å². The molecule has 0 saturated carbocycles. The quantitative estimate of drug-likeness (QED) is 0.827. The highest BCUT2D eigenvalue weighted by Gasteiger charge is 2.15. The Hall–Kier alpha value is -0.860. The fraction of sp³-hybridized carbons (Fsp3) is 0.538. The maximum atomic E-state index is 9.81. The van der Waals surface area contributed by atoms with E-state index in [9.17, 15) is 5.11 Å². The number of hydrogen-bond acceptors (Lipinski definition) is 2. The van der Waals surface area contributed by atoms with Gasteiger partial charge >= 0.3 is 0 Å². The zero-order valence-electron chi connectivity index (χ0n) is 10.2. The summed E-state index contributed by atoms with van der Waals surface area (Å²) >= 11 is 0. The van der Waals surface area contributed by atoms with Crippen molar-refractivity contribution in [2.45, 2.75) is 40.4 Å². The van der Waals surface area contributed by atoms with Crippen LogP contribution in [0.1, 0.15) is 40.8 Å². The lowest BCUT2D eigenvalue weighted by molar-refractivity contribution is 0.170. The number of aliphatic hydroxyl groups is 1. The number of methoxy groups -OCH3 is 1. The van der Waals surface area contributed by atoms with Crippen LogP contribution in [-0.2, 0) is 11.3 Å². The Morgan fingerprint density at radius 2 is 1.87 bits per heavy atom. The summed E-state index contributed by atoms with van der Waals surface area (Å²) in [5.74, 6) is 0. The minimum atomic E-state index is -0.436. The number of hydrogen-bond donors (Lipinski definition) is 1. The second-order valence-corrected chi connectivity index (χ2v) is 4.14. The Labute approximate surface area is 91.9 Å². The van der Waals surface area contributed by atoms with Gasteiger partial charge < -0.3 is 9.84 Å². The van der Waals surface area contributed by atoms with Crippen molar-refractivity contribution in [1.29, 1.82) is 0 Å². The first kappa shape index (κ1) is 12.2. The molecule has 0 amide bonds. The molecule has 1 unspecified atom stereocenters. The molecule has 0 heterocycles. The third-order valence-corrected chi connectivity index (χ3v) is 2.94. The summed E-state index contributed by atoms with van der Waals surface area (Å²) in [6, 6.07) is 2.15. The first-order valence-corrected chi connectivity index (χ1v) is 5.25. The fourth-order valence-corrected chi connectivity index (χ4v) is 2.07. The van der Waals surface area contributed by atoms with Gasteiger partial charge in [0.1, 0.15) is 0 Å². The molecule has 0 aliphatic rings. The molecule has 0 aliphatic heterocycles. The molecule has 2 heteroatoms. The van der Waals surface area contributed by atoms with Gasteiger partial charge in [-0.15, -0.1) is 0 Å². The lowest BCUT2D eigenvalue weighted by Gasteiger charge is -2.19. The van der Waals surface area contributed by atoms with Crippen molar-refractivity contribution in [2.24, 2.45) is 0 Å². The third-order valence-electron chi connectivity index (χ3n) is 2.94. The van der Waals surface area contributed by atoms with Crippen LogP contribution in [0.25, 0.3) is 0 Å². The van der Waals surface area contributed by atoms with E-state index in [0.717, 1.165) is 11.1 Å². The molecule has 1 aromatic carbocycles. The van der Waals surface area contributed by atoms with Crippen LogP contribution in [0.2, 0.25) is 0 Å². The van der Waals surface area contributed by atoms with E-state index in [1.165, 1.54) is 16.7 Å². The van der Waals surface area contributed by atoms with Crippen molar-refractivity contribution in [2.75, 3.05) is 7.11 Å². The molecule has 1 atom stereocenters. The van der Waals surface area contributed by atoms with E-state index < -0.39 is 6.10 Å². The fourth-order valence-electron chi connectivity index (χ4n) is 2.07. The topological polar surface area (TPSA) is 29.5 Å². The Morgan fingerprint density at radius 1 is 1.27 bits per heavy atom. The average molecular weight is 208 g/mol. The van der Waals surface area contributed by atoms with Gasteiger partial charge in [-0.25, -0.2) is 0 Å². The van der Waals surface area contributed by atoms with Crippen LogP contribution in [0.15, 0.2) is 6.07 Å². The van der Waals surface area contributed by atoms with Crippen molar-refractivity contribution in [3.8, 4) is 0 Å². The molecule has 1 rings (SSSR count). The van der Waals surface area contributed by atoms with Gasteiger partial charge in [-0.2, -0.15) is 0 Å². The first-order chi connectivity index (χ1) is 6.99. The highest BCUT2D eigenvalue weighted by molar-refractivity contribution is 5.45. The Bertz CT molecular complexity index is 354. The molecule has 2 nitrogen and oxygen atoms in total. The summed E-state index contributed by atoms with van der Waals surface area (Å²) in [5.41, 5.74) is 5.73. The van der Waals surface area contributed by atoms with Crippen molar-refractivity contribution < 1.29 is 9.84 Å². The number of rotatable bonds is 3. The minimum absolute atomic E-state index is 0.436. The highest BCUT2D eigenvalue weighted by Crippen LogP contribution is 2.28. The van der Waals surface area contributed by atoms with Gasteiger partial charge in [-0.3, -0.25) is 0 Å². The van der Waals surface area contributed by atoms with Crippen molar-refractivity contribution in [3.05, 3.63) is 33.9 Å². The van der Waals surface area contributed by atoms with Crippen molar-refractivity contribution in [3.63, 3.8) is 0 Å². The van der Waals surface area contributed by atoms with E-state index in [4.69, 9.17) is 4.74 Å². The predicted molar refractivity (Wildman–Crippen MR) is 62.0 cm³/mol. The highest BCUT2D eigenvalue weighted by atomic mass is 16.5. The SMILES string of the molecule is COCc1c(C)cc(C)c(C)c1C(C)O. The largest absolute Gasteiger partial charge is 0.389 e. The van der Waals surface area contributed by atoms with Gasteiger partial charge in [0.2, 0.25) is 0 Å². The molecular weight excluding hydrogens is 188 g/mol. The molecular formula is C13H20O2. The van der Waals surface area contributed by atoms with Gasteiger partial charge in [0.25, 0.3) is 0 Å². The molecule has 0 fully saturated rings. The van der Waals surface area contributed by atoms with Crippen LogP contribution in [0.5, 0.6) is 0 Å². The zero-order valence-corrected chi connectivity index (χ0v) is 10.2. The minimum Gasteiger partial charge on any atom is -0.389 e. The monoisotopic (exact) mass is 208 g/mol. The zero-order chi connectivity index (χ0) is 11.6. The second-order valence-electron chi connectivity index (χ2n) is 4.14. The maximum absolute atomic E-state index is 9.81. The number of aliphatic hydroxyl groups excluding tert-OH is 1. The standard InChI is InChI=1S/C13H20O2/c1-8-6-9(2)12(7-15-5)13(10(8)3)11(4)14/h6,11,14H,7H2,1-5H3.